The smallest absolute Gasteiger partial charge is 0.254 e. The second-order valence-electron chi connectivity index (χ2n) is 6.47. The second kappa shape index (κ2) is 8.32. The van der Waals surface area contributed by atoms with E-state index in [-0.39, 0.29) is 28.8 Å². The maximum atomic E-state index is 12.7. The zero-order valence-corrected chi connectivity index (χ0v) is 17.6. The van der Waals surface area contributed by atoms with Crippen molar-refractivity contribution in [3.05, 3.63) is 65.0 Å². The van der Waals surface area contributed by atoms with Gasteiger partial charge in [-0.1, -0.05) is 35.0 Å². The normalized spacial score (nSPS) is 11.6. The Morgan fingerprint density at radius 3 is 2.52 bits per heavy atom. The number of carbonyl (C=O) groups excluding carboxylic acids is 1. The summed E-state index contributed by atoms with van der Waals surface area (Å²) in [5, 5.41) is 4.39. The molecule has 8 nitrogen and oxygen atoms in total. The van der Waals surface area contributed by atoms with E-state index in [4.69, 9.17) is 16.1 Å². The molecule has 29 heavy (non-hydrogen) atoms. The summed E-state index contributed by atoms with van der Waals surface area (Å²) >= 11 is 6.14. The van der Waals surface area contributed by atoms with Gasteiger partial charge in [0, 0.05) is 32.3 Å². The molecule has 1 aromatic heterocycles. The third-order valence-corrected chi connectivity index (χ3v) is 6.30. The van der Waals surface area contributed by atoms with Crippen LogP contribution in [0.5, 0.6) is 0 Å². The molecule has 3 rings (SSSR count). The van der Waals surface area contributed by atoms with Gasteiger partial charge in [-0.05, 0) is 30.3 Å². The van der Waals surface area contributed by atoms with Crippen LogP contribution in [0.15, 0.2) is 57.9 Å². The van der Waals surface area contributed by atoms with Crippen LogP contribution in [0.25, 0.3) is 11.4 Å². The molecule has 3 aromatic rings. The molecule has 0 N–H and O–H groups in total. The molecule has 0 bridgehead atoms. The summed E-state index contributed by atoms with van der Waals surface area (Å²) in [7, 11) is 0.790. The highest BCUT2D eigenvalue weighted by atomic mass is 35.5. The minimum Gasteiger partial charge on any atom is -0.337 e. The van der Waals surface area contributed by atoms with E-state index in [0.29, 0.717) is 16.4 Å². The Morgan fingerprint density at radius 1 is 1.10 bits per heavy atom. The standard InChI is InChI=1S/C19H19ClN4O4S/c1-23(2)29(26,27)14-8-6-7-13(11-14)19(25)24(3)12-17-21-18(22-28-17)15-9-4-5-10-16(15)20/h4-11H,12H2,1-3H3. The first-order chi connectivity index (χ1) is 13.7. The third kappa shape index (κ3) is 4.47. The Bertz CT molecular complexity index is 1140. The average molecular weight is 435 g/mol. The summed E-state index contributed by atoms with van der Waals surface area (Å²) in [6, 6.07) is 13.0. The van der Waals surface area contributed by atoms with Crippen molar-refractivity contribution in [3.63, 3.8) is 0 Å². The molecule has 0 spiro atoms. The van der Waals surface area contributed by atoms with Gasteiger partial charge in [-0.25, -0.2) is 12.7 Å². The van der Waals surface area contributed by atoms with Gasteiger partial charge in [0.2, 0.25) is 21.7 Å². The molecule has 0 saturated heterocycles. The number of nitrogens with zero attached hydrogens (tertiary/aromatic N) is 4. The fourth-order valence-electron chi connectivity index (χ4n) is 2.57. The molecule has 1 heterocycles. The lowest BCUT2D eigenvalue weighted by Gasteiger charge is -2.16. The van der Waals surface area contributed by atoms with Crippen LogP contribution in [-0.2, 0) is 16.6 Å². The molecular weight excluding hydrogens is 416 g/mol. The molecule has 0 saturated carbocycles. The fourth-order valence-corrected chi connectivity index (χ4v) is 3.73. The lowest BCUT2D eigenvalue weighted by atomic mass is 10.2. The Labute approximate surface area is 173 Å². The molecule has 0 aliphatic rings. The van der Waals surface area contributed by atoms with E-state index in [9.17, 15) is 13.2 Å². The van der Waals surface area contributed by atoms with Crippen LogP contribution in [-0.4, -0.2) is 54.8 Å². The van der Waals surface area contributed by atoms with Gasteiger partial charge in [0.1, 0.15) is 0 Å². The van der Waals surface area contributed by atoms with Crippen LogP contribution < -0.4 is 0 Å². The van der Waals surface area contributed by atoms with Crippen molar-refractivity contribution in [2.45, 2.75) is 11.4 Å². The van der Waals surface area contributed by atoms with Gasteiger partial charge in [-0.2, -0.15) is 4.98 Å². The number of amides is 1. The molecule has 2 aromatic carbocycles. The van der Waals surface area contributed by atoms with Crippen LogP contribution in [0.3, 0.4) is 0 Å². The molecule has 0 radical (unpaired) electrons. The number of carbonyl (C=O) groups is 1. The Balaban J connectivity index is 1.78. The average Bonchev–Trinajstić information content (AvgIpc) is 3.15. The Morgan fingerprint density at radius 2 is 1.83 bits per heavy atom. The van der Waals surface area contributed by atoms with Gasteiger partial charge < -0.3 is 9.42 Å². The number of sulfonamides is 1. The van der Waals surface area contributed by atoms with Crippen molar-refractivity contribution in [1.82, 2.24) is 19.3 Å². The number of halogens is 1. The number of hydrogen-bond acceptors (Lipinski definition) is 6. The zero-order chi connectivity index (χ0) is 21.2. The summed E-state index contributed by atoms with van der Waals surface area (Å²) in [4.78, 5) is 18.4. The monoisotopic (exact) mass is 434 g/mol. The molecule has 10 heteroatoms. The van der Waals surface area contributed by atoms with E-state index < -0.39 is 10.0 Å². The SMILES string of the molecule is CN(Cc1nc(-c2ccccc2Cl)no1)C(=O)c1cccc(S(=O)(=O)N(C)C)c1. The maximum absolute atomic E-state index is 12.7. The Hall–Kier alpha value is -2.75. The molecular formula is C19H19ClN4O4S. The summed E-state index contributed by atoms with van der Waals surface area (Å²) in [6.45, 7) is 0.0565. The largest absolute Gasteiger partial charge is 0.337 e. The number of aromatic nitrogens is 2. The van der Waals surface area contributed by atoms with Crippen LogP contribution in [0, 0.1) is 0 Å². The molecule has 0 unspecified atom stereocenters. The third-order valence-electron chi connectivity index (χ3n) is 4.16. The lowest BCUT2D eigenvalue weighted by Crippen LogP contribution is -2.27. The van der Waals surface area contributed by atoms with Crippen molar-refractivity contribution in [3.8, 4) is 11.4 Å². The summed E-state index contributed by atoms with van der Waals surface area (Å²) in [5.74, 6) is 0.177. The van der Waals surface area contributed by atoms with E-state index in [0.717, 1.165) is 4.31 Å². The maximum Gasteiger partial charge on any atom is 0.254 e. The van der Waals surface area contributed by atoms with E-state index >= 15 is 0 Å². The van der Waals surface area contributed by atoms with E-state index in [1.54, 1.807) is 31.3 Å². The number of benzene rings is 2. The molecule has 0 atom stereocenters. The first-order valence-corrected chi connectivity index (χ1v) is 10.4. The fraction of sp³-hybridized carbons (Fsp3) is 0.211. The summed E-state index contributed by atoms with van der Waals surface area (Å²) in [5.41, 5.74) is 0.862. The minimum atomic E-state index is -3.64. The van der Waals surface area contributed by atoms with Gasteiger partial charge in [0.25, 0.3) is 5.91 Å². The van der Waals surface area contributed by atoms with Crippen LogP contribution in [0.1, 0.15) is 16.2 Å². The van der Waals surface area contributed by atoms with Gasteiger partial charge in [0.05, 0.1) is 16.5 Å². The number of rotatable bonds is 6. The molecule has 152 valence electrons. The van der Waals surface area contributed by atoms with Gasteiger partial charge >= 0.3 is 0 Å². The molecule has 1 amide bonds. The lowest BCUT2D eigenvalue weighted by molar-refractivity contribution is 0.0769. The van der Waals surface area contributed by atoms with Crippen molar-refractivity contribution in [1.29, 1.82) is 0 Å². The molecule has 0 aliphatic carbocycles. The van der Waals surface area contributed by atoms with Crippen molar-refractivity contribution < 1.29 is 17.7 Å². The highest BCUT2D eigenvalue weighted by Crippen LogP contribution is 2.25. The van der Waals surface area contributed by atoms with Crippen LogP contribution in [0.2, 0.25) is 5.02 Å². The first kappa shape index (κ1) is 21.0. The van der Waals surface area contributed by atoms with Crippen molar-refractivity contribution >= 4 is 27.5 Å². The van der Waals surface area contributed by atoms with Gasteiger partial charge in [-0.3, -0.25) is 4.79 Å². The van der Waals surface area contributed by atoms with Crippen LogP contribution in [0.4, 0.5) is 0 Å². The topological polar surface area (TPSA) is 96.6 Å². The van der Waals surface area contributed by atoms with Crippen molar-refractivity contribution in [2.75, 3.05) is 21.1 Å². The van der Waals surface area contributed by atoms with E-state index in [1.807, 2.05) is 6.07 Å². The van der Waals surface area contributed by atoms with Gasteiger partial charge in [0.15, 0.2) is 0 Å². The zero-order valence-electron chi connectivity index (χ0n) is 16.0. The molecule has 0 aliphatic heterocycles. The second-order valence-corrected chi connectivity index (χ2v) is 9.03. The van der Waals surface area contributed by atoms with Crippen molar-refractivity contribution in [2.24, 2.45) is 0 Å². The Kier molecular flexibility index (Phi) is 6.02. The predicted octanol–water partition coefficient (Wildman–Crippen LogP) is 2.91. The van der Waals surface area contributed by atoms with Crippen LogP contribution >= 0.6 is 11.6 Å². The van der Waals surface area contributed by atoms with Gasteiger partial charge in [-0.15, -0.1) is 0 Å². The first-order valence-electron chi connectivity index (χ1n) is 8.55. The highest BCUT2D eigenvalue weighted by molar-refractivity contribution is 7.89. The van der Waals surface area contributed by atoms with E-state index in [1.165, 1.54) is 37.2 Å². The summed E-state index contributed by atoms with van der Waals surface area (Å²) in [6.07, 6.45) is 0. The molecule has 0 fully saturated rings. The predicted molar refractivity (Wildman–Crippen MR) is 108 cm³/mol. The quantitative estimate of drug-likeness (QED) is 0.591. The highest BCUT2D eigenvalue weighted by Gasteiger charge is 2.21. The number of hydrogen-bond donors (Lipinski definition) is 0. The van der Waals surface area contributed by atoms with E-state index in [2.05, 4.69) is 10.1 Å². The summed E-state index contributed by atoms with van der Waals surface area (Å²) < 4.78 is 30.9. The minimum absolute atomic E-state index is 0.0422.